The topological polar surface area (TPSA) is 64.7 Å². The second kappa shape index (κ2) is 6.62. The van der Waals surface area contributed by atoms with Gasteiger partial charge < -0.3 is 18.6 Å². The maximum atomic E-state index is 12.4. The average Bonchev–Trinajstić information content (AvgIpc) is 3.22. The predicted molar refractivity (Wildman–Crippen MR) is 86.4 cm³/mol. The number of likely N-dealkylation sites (tertiary alicyclic amines) is 1. The van der Waals surface area contributed by atoms with E-state index in [2.05, 4.69) is 15.9 Å². The molecule has 0 aromatic carbocycles. The van der Waals surface area contributed by atoms with Gasteiger partial charge in [0.25, 0.3) is 5.91 Å². The molecule has 6 nitrogen and oxygen atoms in total. The van der Waals surface area contributed by atoms with Gasteiger partial charge in [-0.05, 0) is 40.9 Å². The van der Waals surface area contributed by atoms with Crippen molar-refractivity contribution < 1.29 is 18.7 Å². The van der Waals surface area contributed by atoms with Crippen molar-refractivity contribution in [3.63, 3.8) is 0 Å². The normalized spacial score (nSPS) is 15.7. The van der Waals surface area contributed by atoms with Gasteiger partial charge in [0.1, 0.15) is 12.0 Å². The van der Waals surface area contributed by atoms with Crippen LogP contribution in [0.5, 0.6) is 0 Å². The maximum Gasteiger partial charge on any atom is 0.354 e. The smallest absolute Gasteiger partial charge is 0.354 e. The number of rotatable bonds is 3. The van der Waals surface area contributed by atoms with Crippen molar-refractivity contribution in [1.82, 2.24) is 9.47 Å². The Hall–Kier alpha value is -2.02. The molecule has 2 aromatic heterocycles. The molecule has 0 N–H and O–H groups in total. The quantitative estimate of drug-likeness (QED) is 0.767. The minimum Gasteiger partial charge on any atom is -0.464 e. The van der Waals surface area contributed by atoms with E-state index in [1.807, 2.05) is 21.7 Å². The van der Waals surface area contributed by atoms with Gasteiger partial charge in [-0.3, -0.25) is 4.79 Å². The number of carbonyl (C=O) groups excluding carboxylic acids is 2. The summed E-state index contributed by atoms with van der Waals surface area (Å²) in [6, 6.07) is 5.47. The van der Waals surface area contributed by atoms with E-state index in [-0.39, 0.29) is 17.9 Å². The highest BCUT2D eigenvalue weighted by molar-refractivity contribution is 9.10. The van der Waals surface area contributed by atoms with Gasteiger partial charge in [-0.15, -0.1) is 0 Å². The van der Waals surface area contributed by atoms with Crippen LogP contribution in [0.2, 0.25) is 0 Å². The Morgan fingerprint density at radius 1 is 1.35 bits per heavy atom. The van der Waals surface area contributed by atoms with E-state index >= 15 is 0 Å². The molecule has 1 aliphatic rings. The molecule has 1 fully saturated rings. The van der Waals surface area contributed by atoms with Crippen molar-refractivity contribution in [3.8, 4) is 0 Å². The molecule has 3 heterocycles. The molecule has 0 atom stereocenters. The molecule has 1 saturated heterocycles. The van der Waals surface area contributed by atoms with Gasteiger partial charge in [-0.25, -0.2) is 4.79 Å². The minimum atomic E-state index is -0.336. The molecule has 122 valence electrons. The highest BCUT2D eigenvalue weighted by Gasteiger charge is 2.27. The lowest BCUT2D eigenvalue weighted by Gasteiger charge is -2.33. The monoisotopic (exact) mass is 380 g/mol. The Labute approximate surface area is 142 Å². The summed E-state index contributed by atoms with van der Waals surface area (Å²) in [5.41, 5.74) is 1.10. The summed E-state index contributed by atoms with van der Waals surface area (Å²) in [5, 5.41) is 0. The zero-order chi connectivity index (χ0) is 16.4. The van der Waals surface area contributed by atoms with Gasteiger partial charge in [0.15, 0.2) is 4.67 Å². The number of halogens is 1. The number of methoxy groups -OCH3 is 1. The summed E-state index contributed by atoms with van der Waals surface area (Å²) < 4.78 is 12.4. The van der Waals surface area contributed by atoms with Crippen molar-refractivity contribution in [2.24, 2.45) is 0 Å². The summed E-state index contributed by atoms with van der Waals surface area (Å²) in [7, 11) is 1.38. The molecular formula is C16H17BrN2O4. The first-order valence-electron chi connectivity index (χ1n) is 7.38. The highest BCUT2D eigenvalue weighted by atomic mass is 79.9. The Morgan fingerprint density at radius 3 is 2.70 bits per heavy atom. The fourth-order valence-corrected chi connectivity index (χ4v) is 3.28. The SMILES string of the molecule is COC(=O)c1cccn1C1CCN(C(=O)c2coc(Br)c2)CC1. The molecule has 0 radical (unpaired) electrons. The van der Waals surface area contributed by atoms with Crippen LogP contribution in [0.15, 0.2) is 39.7 Å². The van der Waals surface area contributed by atoms with E-state index in [4.69, 9.17) is 9.15 Å². The number of esters is 1. The minimum absolute atomic E-state index is 0.0291. The zero-order valence-electron chi connectivity index (χ0n) is 12.7. The molecular weight excluding hydrogens is 364 g/mol. The fraction of sp³-hybridized carbons (Fsp3) is 0.375. The third-order valence-electron chi connectivity index (χ3n) is 4.13. The summed E-state index contributed by atoms with van der Waals surface area (Å²) in [5.74, 6) is -0.365. The molecule has 1 amide bonds. The molecule has 3 rings (SSSR count). The molecule has 0 saturated carbocycles. The van der Waals surface area contributed by atoms with Crippen molar-refractivity contribution in [2.75, 3.05) is 20.2 Å². The average molecular weight is 381 g/mol. The Morgan fingerprint density at radius 2 is 2.09 bits per heavy atom. The lowest BCUT2D eigenvalue weighted by atomic mass is 10.0. The summed E-state index contributed by atoms with van der Waals surface area (Å²) in [6.07, 6.45) is 4.94. The number of carbonyl (C=O) groups is 2. The number of hydrogen-bond acceptors (Lipinski definition) is 4. The van der Waals surface area contributed by atoms with Crippen molar-refractivity contribution >= 4 is 27.8 Å². The van der Waals surface area contributed by atoms with Crippen LogP contribution in [0.4, 0.5) is 0 Å². The summed E-state index contributed by atoms with van der Waals surface area (Å²) in [4.78, 5) is 26.0. The standard InChI is InChI=1S/C16H17BrN2O4/c1-22-16(21)13-3-2-6-19(13)12-4-7-18(8-5-12)15(20)11-9-14(17)23-10-11/h2-3,6,9-10,12H,4-5,7-8H2,1H3. The molecule has 0 bridgehead atoms. The van der Waals surface area contributed by atoms with Crippen molar-refractivity contribution in [3.05, 3.63) is 46.6 Å². The number of aromatic nitrogens is 1. The second-order valence-electron chi connectivity index (χ2n) is 5.46. The Bertz CT molecular complexity index is 713. The van der Waals surface area contributed by atoms with Gasteiger partial charge in [-0.2, -0.15) is 0 Å². The Balaban J connectivity index is 1.66. The third kappa shape index (κ3) is 3.19. The third-order valence-corrected chi connectivity index (χ3v) is 4.55. The number of piperidine rings is 1. The lowest BCUT2D eigenvalue weighted by molar-refractivity contribution is 0.0573. The molecule has 23 heavy (non-hydrogen) atoms. The largest absolute Gasteiger partial charge is 0.464 e. The molecule has 0 unspecified atom stereocenters. The van der Waals surface area contributed by atoms with Gasteiger partial charge in [-0.1, -0.05) is 0 Å². The molecule has 7 heteroatoms. The van der Waals surface area contributed by atoms with Crippen LogP contribution in [-0.2, 0) is 4.74 Å². The summed E-state index contributed by atoms with van der Waals surface area (Å²) in [6.45, 7) is 1.29. The van der Waals surface area contributed by atoms with Gasteiger partial charge >= 0.3 is 5.97 Å². The summed E-state index contributed by atoms with van der Waals surface area (Å²) >= 11 is 3.20. The first kappa shape index (κ1) is 15.9. The van der Waals surface area contributed by atoms with Crippen LogP contribution in [0.1, 0.15) is 39.7 Å². The molecule has 0 spiro atoms. The lowest BCUT2D eigenvalue weighted by Crippen LogP contribution is -2.39. The highest BCUT2D eigenvalue weighted by Crippen LogP contribution is 2.26. The van der Waals surface area contributed by atoms with E-state index in [0.717, 1.165) is 12.8 Å². The van der Waals surface area contributed by atoms with E-state index in [1.165, 1.54) is 13.4 Å². The van der Waals surface area contributed by atoms with E-state index in [9.17, 15) is 9.59 Å². The van der Waals surface area contributed by atoms with Crippen LogP contribution in [0, 0.1) is 0 Å². The fourth-order valence-electron chi connectivity index (χ4n) is 2.94. The predicted octanol–water partition coefficient (Wildman–Crippen LogP) is 3.11. The zero-order valence-corrected chi connectivity index (χ0v) is 14.3. The van der Waals surface area contributed by atoms with E-state index in [0.29, 0.717) is 29.0 Å². The first-order valence-corrected chi connectivity index (χ1v) is 8.18. The number of nitrogens with zero attached hydrogens (tertiary/aromatic N) is 2. The second-order valence-corrected chi connectivity index (χ2v) is 6.24. The van der Waals surface area contributed by atoms with Gasteiger partial charge in [0, 0.05) is 31.4 Å². The van der Waals surface area contributed by atoms with E-state index < -0.39 is 0 Å². The van der Waals surface area contributed by atoms with Crippen LogP contribution >= 0.6 is 15.9 Å². The van der Waals surface area contributed by atoms with Crippen molar-refractivity contribution in [1.29, 1.82) is 0 Å². The van der Waals surface area contributed by atoms with Crippen LogP contribution in [-0.4, -0.2) is 41.5 Å². The number of amides is 1. The number of ether oxygens (including phenoxy) is 1. The number of hydrogen-bond donors (Lipinski definition) is 0. The Kier molecular flexibility index (Phi) is 4.56. The molecule has 2 aromatic rings. The van der Waals surface area contributed by atoms with Gasteiger partial charge in [0.2, 0.25) is 0 Å². The number of furan rings is 1. The van der Waals surface area contributed by atoms with Crippen LogP contribution in [0.25, 0.3) is 0 Å². The van der Waals surface area contributed by atoms with Crippen LogP contribution in [0.3, 0.4) is 0 Å². The van der Waals surface area contributed by atoms with Gasteiger partial charge in [0.05, 0.1) is 12.7 Å². The first-order chi connectivity index (χ1) is 11.1. The van der Waals surface area contributed by atoms with Crippen molar-refractivity contribution in [2.45, 2.75) is 18.9 Å². The molecule has 1 aliphatic heterocycles. The van der Waals surface area contributed by atoms with Crippen LogP contribution < -0.4 is 0 Å². The maximum absolute atomic E-state index is 12.4. The van der Waals surface area contributed by atoms with E-state index in [1.54, 1.807) is 12.1 Å². The molecule has 0 aliphatic carbocycles.